The summed E-state index contributed by atoms with van der Waals surface area (Å²) in [5.74, 6) is -3.43. The first-order valence-corrected chi connectivity index (χ1v) is 11.9. The average Bonchev–Trinajstić information content (AvgIpc) is 3.37. The number of benzene rings is 3. The van der Waals surface area contributed by atoms with E-state index in [9.17, 15) is 14.0 Å². The highest BCUT2D eigenvalue weighted by molar-refractivity contribution is 6.53. The van der Waals surface area contributed by atoms with Gasteiger partial charge >= 0.3 is 0 Å². The second-order valence-corrected chi connectivity index (χ2v) is 10.5. The molecule has 4 rings (SSSR count). The summed E-state index contributed by atoms with van der Waals surface area (Å²) >= 11 is 31.1. The Labute approximate surface area is 224 Å². The Balaban J connectivity index is 1.51. The van der Waals surface area contributed by atoms with Gasteiger partial charge in [-0.15, -0.1) is 23.2 Å². The van der Waals surface area contributed by atoms with E-state index in [1.54, 1.807) is 24.3 Å². The predicted molar refractivity (Wildman–Crippen MR) is 136 cm³/mol. The van der Waals surface area contributed by atoms with Crippen LogP contribution < -0.4 is 10.6 Å². The normalized spacial score (nSPS) is 17.9. The van der Waals surface area contributed by atoms with Gasteiger partial charge in [0, 0.05) is 21.7 Å². The molecule has 2 N–H and O–H groups in total. The molecule has 0 aliphatic heterocycles. The van der Waals surface area contributed by atoms with Crippen molar-refractivity contribution in [3.8, 4) is 6.07 Å². The number of amides is 2. The zero-order valence-corrected chi connectivity index (χ0v) is 21.2. The molecule has 0 bridgehead atoms. The Kier molecular flexibility index (Phi) is 7.19. The topological polar surface area (TPSA) is 82.0 Å². The van der Waals surface area contributed by atoms with Gasteiger partial charge in [0.2, 0.25) is 5.91 Å². The minimum Gasteiger partial charge on any atom is -0.326 e. The zero-order chi connectivity index (χ0) is 25.5. The number of hydrogen-bond donors (Lipinski definition) is 2. The summed E-state index contributed by atoms with van der Waals surface area (Å²) in [5, 5.41) is 15.0. The van der Waals surface area contributed by atoms with Crippen LogP contribution >= 0.6 is 58.0 Å². The number of alkyl halides is 2. The van der Waals surface area contributed by atoms with Gasteiger partial charge in [0.1, 0.15) is 10.2 Å². The van der Waals surface area contributed by atoms with E-state index in [1.807, 2.05) is 0 Å². The zero-order valence-electron chi connectivity index (χ0n) is 17.4. The van der Waals surface area contributed by atoms with Crippen LogP contribution in [0.3, 0.4) is 0 Å². The Hall–Kier alpha value is -2.53. The molecule has 1 aliphatic carbocycles. The number of nitrogens with one attached hydrogen (secondary N) is 2. The predicted octanol–water partition coefficient (Wildman–Crippen LogP) is 7.44. The summed E-state index contributed by atoms with van der Waals surface area (Å²) in [6, 6.07) is 14.5. The molecule has 5 nitrogen and oxygen atoms in total. The number of halogens is 6. The molecule has 1 aliphatic rings. The number of nitriles is 1. The fourth-order valence-corrected chi connectivity index (χ4v) is 5.24. The molecule has 1 fully saturated rings. The molecule has 2 atom stereocenters. The monoisotopic (exact) mass is 569 g/mol. The van der Waals surface area contributed by atoms with Crippen LogP contribution in [0.2, 0.25) is 15.1 Å². The minimum atomic E-state index is -1.37. The Morgan fingerprint density at radius 2 is 1.63 bits per heavy atom. The van der Waals surface area contributed by atoms with Crippen molar-refractivity contribution >= 4 is 81.2 Å². The SMILES string of the molecule is N#Cc1ccc(C(=O)Nc2cc(NC(=O)[C@H]3[C@H](c4cc(Cl)cc(Cl)c4)C3(Cl)Cl)ccc2Cl)c(F)c1. The lowest BCUT2D eigenvalue weighted by Crippen LogP contribution is -2.18. The third-order valence-electron chi connectivity index (χ3n) is 5.40. The molecule has 2 amide bonds. The van der Waals surface area contributed by atoms with Gasteiger partial charge in [-0.3, -0.25) is 9.59 Å². The van der Waals surface area contributed by atoms with E-state index in [1.165, 1.54) is 30.3 Å². The molecule has 0 radical (unpaired) electrons. The van der Waals surface area contributed by atoms with E-state index in [0.717, 1.165) is 6.07 Å². The molecular weight excluding hydrogens is 559 g/mol. The molecule has 35 heavy (non-hydrogen) atoms. The number of anilines is 2. The number of carbonyl (C=O) groups excluding carboxylic acids is 2. The quantitative estimate of drug-likeness (QED) is 0.313. The molecule has 1 saturated carbocycles. The van der Waals surface area contributed by atoms with E-state index < -0.39 is 33.8 Å². The lowest BCUT2D eigenvalue weighted by atomic mass is 10.1. The van der Waals surface area contributed by atoms with Gasteiger partial charge in [-0.1, -0.05) is 34.8 Å². The molecule has 11 heteroatoms. The van der Waals surface area contributed by atoms with E-state index >= 15 is 0 Å². The average molecular weight is 572 g/mol. The van der Waals surface area contributed by atoms with Gasteiger partial charge in [-0.25, -0.2) is 4.39 Å². The summed E-state index contributed by atoms with van der Waals surface area (Å²) in [5.41, 5.74) is 0.865. The summed E-state index contributed by atoms with van der Waals surface area (Å²) < 4.78 is 12.8. The van der Waals surface area contributed by atoms with Crippen molar-refractivity contribution in [2.75, 3.05) is 10.6 Å². The van der Waals surface area contributed by atoms with Crippen LogP contribution in [0.5, 0.6) is 0 Å². The van der Waals surface area contributed by atoms with Gasteiger partial charge in [-0.2, -0.15) is 5.26 Å². The highest BCUT2D eigenvalue weighted by Crippen LogP contribution is 2.65. The summed E-state index contributed by atoms with van der Waals surface area (Å²) in [6.07, 6.45) is 0. The van der Waals surface area contributed by atoms with Crippen LogP contribution in [0, 0.1) is 23.1 Å². The minimum absolute atomic E-state index is 0.0786. The summed E-state index contributed by atoms with van der Waals surface area (Å²) in [6.45, 7) is 0. The van der Waals surface area contributed by atoms with E-state index in [2.05, 4.69) is 10.6 Å². The lowest BCUT2D eigenvalue weighted by Gasteiger charge is -2.11. The van der Waals surface area contributed by atoms with Crippen LogP contribution in [-0.4, -0.2) is 16.1 Å². The second kappa shape index (κ2) is 9.85. The number of hydrogen-bond acceptors (Lipinski definition) is 3. The first kappa shape index (κ1) is 25.6. The van der Waals surface area contributed by atoms with Gasteiger partial charge in [0.05, 0.1) is 33.8 Å². The number of carbonyl (C=O) groups is 2. The van der Waals surface area contributed by atoms with Crippen LogP contribution in [0.25, 0.3) is 0 Å². The standard InChI is InChI=1S/C24H13Cl5FN3O2/c25-13-6-12(7-14(26)8-13)20-21(24(20,28)29)23(35)32-15-2-4-17(27)19(9-15)33-22(34)16-3-1-11(10-31)5-18(16)30/h1-9,20-21H,(H,32,35)(H,33,34)/t20-,21+/m0/s1. The number of rotatable bonds is 5. The fourth-order valence-electron chi connectivity index (χ4n) is 3.70. The van der Waals surface area contributed by atoms with E-state index in [-0.39, 0.29) is 21.8 Å². The lowest BCUT2D eigenvalue weighted by molar-refractivity contribution is -0.117. The maximum atomic E-state index is 14.2. The molecule has 178 valence electrons. The van der Waals surface area contributed by atoms with Crippen molar-refractivity contribution in [3.63, 3.8) is 0 Å². The van der Waals surface area contributed by atoms with Gasteiger partial charge in [0.15, 0.2) is 0 Å². The maximum absolute atomic E-state index is 14.2. The Morgan fingerprint density at radius 3 is 2.26 bits per heavy atom. The van der Waals surface area contributed by atoms with Crippen LogP contribution in [-0.2, 0) is 4.79 Å². The van der Waals surface area contributed by atoms with Crippen molar-refractivity contribution in [1.82, 2.24) is 0 Å². The smallest absolute Gasteiger partial charge is 0.258 e. The third-order valence-corrected chi connectivity index (χ3v) is 7.11. The summed E-state index contributed by atoms with van der Waals surface area (Å²) in [7, 11) is 0. The van der Waals surface area contributed by atoms with Gasteiger partial charge < -0.3 is 10.6 Å². The number of nitrogens with zero attached hydrogens (tertiary/aromatic N) is 1. The Bertz CT molecular complexity index is 1390. The molecule has 0 saturated heterocycles. The van der Waals surface area contributed by atoms with Crippen molar-refractivity contribution in [3.05, 3.63) is 92.2 Å². The van der Waals surface area contributed by atoms with Gasteiger partial charge in [0.25, 0.3) is 5.91 Å². The van der Waals surface area contributed by atoms with Crippen LogP contribution in [0.4, 0.5) is 15.8 Å². The first-order chi connectivity index (χ1) is 16.5. The molecule has 3 aromatic carbocycles. The van der Waals surface area contributed by atoms with Crippen molar-refractivity contribution in [1.29, 1.82) is 5.26 Å². The molecule has 3 aromatic rings. The van der Waals surface area contributed by atoms with Crippen molar-refractivity contribution in [2.24, 2.45) is 5.92 Å². The van der Waals surface area contributed by atoms with Crippen LogP contribution in [0.1, 0.15) is 27.4 Å². The molecule has 0 aromatic heterocycles. The van der Waals surface area contributed by atoms with E-state index in [4.69, 9.17) is 63.3 Å². The van der Waals surface area contributed by atoms with Crippen LogP contribution in [0.15, 0.2) is 54.6 Å². The van der Waals surface area contributed by atoms with E-state index in [0.29, 0.717) is 21.3 Å². The first-order valence-electron chi connectivity index (χ1n) is 9.96. The largest absolute Gasteiger partial charge is 0.326 e. The Morgan fingerprint density at radius 1 is 0.943 bits per heavy atom. The molecule has 0 unspecified atom stereocenters. The maximum Gasteiger partial charge on any atom is 0.258 e. The highest BCUT2D eigenvalue weighted by Gasteiger charge is 2.67. The van der Waals surface area contributed by atoms with Gasteiger partial charge in [-0.05, 0) is 60.2 Å². The highest BCUT2D eigenvalue weighted by atomic mass is 35.5. The molecule has 0 spiro atoms. The molecule has 0 heterocycles. The van der Waals surface area contributed by atoms with Crippen molar-refractivity contribution in [2.45, 2.75) is 10.3 Å². The fraction of sp³-hybridized carbons (Fsp3) is 0.125. The summed E-state index contributed by atoms with van der Waals surface area (Å²) in [4.78, 5) is 25.5. The third kappa shape index (κ3) is 5.35. The van der Waals surface area contributed by atoms with Crippen molar-refractivity contribution < 1.29 is 14.0 Å². The molecular formula is C24H13Cl5FN3O2. The second-order valence-electron chi connectivity index (χ2n) is 7.78.